The van der Waals surface area contributed by atoms with Gasteiger partial charge in [0.15, 0.2) is 5.69 Å². The molecule has 0 radical (unpaired) electrons. The normalized spacial score (nSPS) is 17.8. The summed E-state index contributed by atoms with van der Waals surface area (Å²) in [6.45, 7) is 4.50. The number of carbonyl (C=O) groups is 1. The highest BCUT2D eigenvalue weighted by Crippen LogP contribution is 2.17. The van der Waals surface area contributed by atoms with Crippen LogP contribution in [0.1, 0.15) is 35.8 Å². The molecule has 3 rings (SSSR count). The average molecular weight is 310 g/mol. The van der Waals surface area contributed by atoms with E-state index in [1.807, 2.05) is 29.2 Å². The van der Waals surface area contributed by atoms with Gasteiger partial charge in [0.2, 0.25) is 0 Å². The molecule has 2 aromatic rings. The summed E-state index contributed by atoms with van der Waals surface area (Å²) in [5.41, 5.74) is 1.60. The van der Waals surface area contributed by atoms with E-state index in [0.29, 0.717) is 24.0 Å². The van der Waals surface area contributed by atoms with Crippen LogP contribution in [0.4, 0.5) is 5.82 Å². The Morgan fingerprint density at radius 1 is 1.22 bits per heavy atom. The van der Waals surface area contributed by atoms with Crippen molar-refractivity contribution in [2.24, 2.45) is 5.92 Å². The number of hydrogen-bond donors (Lipinski definition) is 1. The van der Waals surface area contributed by atoms with Gasteiger partial charge in [-0.25, -0.2) is 0 Å². The molecule has 1 saturated heterocycles. The number of amides is 1. The van der Waals surface area contributed by atoms with Gasteiger partial charge in [0.25, 0.3) is 5.91 Å². The molecular weight excluding hydrogens is 288 g/mol. The Morgan fingerprint density at radius 3 is 2.74 bits per heavy atom. The summed E-state index contributed by atoms with van der Waals surface area (Å²) in [6, 6.07) is 13.7. The molecule has 0 spiro atoms. The van der Waals surface area contributed by atoms with Gasteiger partial charge in [-0.1, -0.05) is 37.3 Å². The van der Waals surface area contributed by atoms with E-state index in [-0.39, 0.29) is 5.91 Å². The molecule has 2 heterocycles. The summed E-state index contributed by atoms with van der Waals surface area (Å²) < 4.78 is 0. The van der Waals surface area contributed by atoms with Crippen molar-refractivity contribution in [3.8, 4) is 0 Å². The van der Waals surface area contributed by atoms with Gasteiger partial charge in [-0.2, -0.15) is 0 Å². The fourth-order valence-electron chi connectivity index (χ4n) is 2.86. The molecule has 1 atom stereocenters. The quantitative estimate of drug-likeness (QED) is 0.943. The van der Waals surface area contributed by atoms with Crippen LogP contribution in [0, 0.1) is 5.92 Å². The van der Waals surface area contributed by atoms with E-state index in [9.17, 15) is 4.79 Å². The van der Waals surface area contributed by atoms with Crippen molar-refractivity contribution in [1.82, 2.24) is 15.1 Å². The second kappa shape index (κ2) is 7.22. The van der Waals surface area contributed by atoms with Crippen molar-refractivity contribution in [2.75, 3.05) is 18.4 Å². The molecule has 0 bridgehead atoms. The minimum atomic E-state index is -0.0151. The topological polar surface area (TPSA) is 58.1 Å². The van der Waals surface area contributed by atoms with Crippen LogP contribution in [-0.2, 0) is 6.54 Å². The third-order valence-electron chi connectivity index (χ3n) is 4.14. The number of nitrogens with zero attached hydrogens (tertiary/aromatic N) is 3. The highest BCUT2D eigenvalue weighted by molar-refractivity contribution is 5.92. The SMILES string of the molecule is CC1CCCN(C(=O)c2ccc(NCc3ccccc3)nn2)C1. The van der Waals surface area contributed by atoms with Crippen LogP contribution >= 0.6 is 0 Å². The second-order valence-electron chi connectivity index (χ2n) is 6.14. The van der Waals surface area contributed by atoms with Crippen LogP contribution in [-0.4, -0.2) is 34.1 Å². The number of hydrogen-bond acceptors (Lipinski definition) is 4. The average Bonchev–Trinajstić information content (AvgIpc) is 2.61. The lowest BCUT2D eigenvalue weighted by atomic mass is 10.00. The number of carbonyl (C=O) groups excluding carboxylic acids is 1. The molecule has 5 nitrogen and oxygen atoms in total. The highest BCUT2D eigenvalue weighted by atomic mass is 16.2. The Morgan fingerprint density at radius 2 is 2.04 bits per heavy atom. The number of nitrogens with one attached hydrogen (secondary N) is 1. The third kappa shape index (κ3) is 4.06. The fraction of sp³-hybridized carbons (Fsp3) is 0.389. The van der Waals surface area contributed by atoms with Gasteiger partial charge in [0, 0.05) is 19.6 Å². The first-order valence-electron chi connectivity index (χ1n) is 8.13. The summed E-state index contributed by atoms with van der Waals surface area (Å²) in [5.74, 6) is 1.23. The lowest BCUT2D eigenvalue weighted by Gasteiger charge is -2.30. The Bertz CT molecular complexity index is 642. The van der Waals surface area contributed by atoms with Crippen molar-refractivity contribution in [3.63, 3.8) is 0 Å². The van der Waals surface area contributed by atoms with Crippen molar-refractivity contribution in [3.05, 3.63) is 53.7 Å². The van der Waals surface area contributed by atoms with E-state index >= 15 is 0 Å². The van der Waals surface area contributed by atoms with Gasteiger partial charge in [-0.3, -0.25) is 4.79 Å². The Balaban J connectivity index is 1.59. The smallest absolute Gasteiger partial charge is 0.274 e. The zero-order valence-corrected chi connectivity index (χ0v) is 13.4. The molecule has 1 aromatic carbocycles. The largest absolute Gasteiger partial charge is 0.365 e. The lowest BCUT2D eigenvalue weighted by Crippen LogP contribution is -2.39. The van der Waals surface area contributed by atoms with Gasteiger partial charge in [-0.05, 0) is 36.5 Å². The molecule has 1 amide bonds. The molecule has 1 N–H and O–H groups in total. The van der Waals surface area contributed by atoms with Crippen LogP contribution in [0.5, 0.6) is 0 Å². The zero-order valence-electron chi connectivity index (χ0n) is 13.4. The van der Waals surface area contributed by atoms with Gasteiger partial charge < -0.3 is 10.2 Å². The van der Waals surface area contributed by atoms with Gasteiger partial charge >= 0.3 is 0 Å². The van der Waals surface area contributed by atoms with Gasteiger partial charge in [-0.15, -0.1) is 10.2 Å². The number of piperidine rings is 1. The molecular formula is C18H22N4O. The monoisotopic (exact) mass is 310 g/mol. The Kier molecular flexibility index (Phi) is 4.86. The Labute approximate surface area is 136 Å². The maximum absolute atomic E-state index is 12.4. The molecule has 1 fully saturated rings. The predicted molar refractivity (Wildman–Crippen MR) is 90.1 cm³/mol. The standard InChI is InChI=1S/C18H22N4O/c1-14-6-5-11-22(13-14)18(23)16-9-10-17(21-20-16)19-12-15-7-3-2-4-8-15/h2-4,7-10,14H,5-6,11-13H2,1H3,(H,19,21). The Hall–Kier alpha value is -2.43. The van der Waals surface area contributed by atoms with Crippen molar-refractivity contribution >= 4 is 11.7 Å². The van der Waals surface area contributed by atoms with Crippen LogP contribution in [0.3, 0.4) is 0 Å². The van der Waals surface area contributed by atoms with E-state index in [4.69, 9.17) is 0 Å². The molecule has 5 heteroatoms. The van der Waals surface area contributed by atoms with Crippen LogP contribution in [0.15, 0.2) is 42.5 Å². The van der Waals surface area contributed by atoms with E-state index in [2.05, 4.69) is 34.6 Å². The number of rotatable bonds is 4. The van der Waals surface area contributed by atoms with Crippen LogP contribution in [0.25, 0.3) is 0 Å². The minimum Gasteiger partial charge on any atom is -0.365 e. The first-order valence-corrected chi connectivity index (χ1v) is 8.13. The van der Waals surface area contributed by atoms with E-state index < -0.39 is 0 Å². The minimum absolute atomic E-state index is 0.0151. The summed E-state index contributed by atoms with van der Waals surface area (Å²) in [5, 5.41) is 11.4. The highest BCUT2D eigenvalue weighted by Gasteiger charge is 2.23. The predicted octanol–water partition coefficient (Wildman–Crippen LogP) is 2.96. The molecule has 23 heavy (non-hydrogen) atoms. The number of benzene rings is 1. The first kappa shape index (κ1) is 15.5. The first-order chi connectivity index (χ1) is 11.2. The lowest BCUT2D eigenvalue weighted by molar-refractivity contribution is 0.0676. The molecule has 1 aliphatic heterocycles. The fourth-order valence-corrected chi connectivity index (χ4v) is 2.86. The van der Waals surface area contributed by atoms with Crippen molar-refractivity contribution < 1.29 is 4.79 Å². The number of anilines is 1. The van der Waals surface area contributed by atoms with Gasteiger partial charge in [0.1, 0.15) is 5.82 Å². The van der Waals surface area contributed by atoms with E-state index in [1.54, 1.807) is 6.07 Å². The summed E-state index contributed by atoms with van der Waals surface area (Å²) >= 11 is 0. The second-order valence-corrected chi connectivity index (χ2v) is 6.14. The number of aromatic nitrogens is 2. The summed E-state index contributed by atoms with van der Waals surface area (Å²) in [4.78, 5) is 14.3. The summed E-state index contributed by atoms with van der Waals surface area (Å²) in [7, 11) is 0. The van der Waals surface area contributed by atoms with Crippen molar-refractivity contribution in [1.29, 1.82) is 0 Å². The van der Waals surface area contributed by atoms with Gasteiger partial charge in [0.05, 0.1) is 0 Å². The molecule has 1 aromatic heterocycles. The third-order valence-corrected chi connectivity index (χ3v) is 4.14. The molecule has 0 aliphatic carbocycles. The maximum Gasteiger partial charge on any atom is 0.274 e. The summed E-state index contributed by atoms with van der Waals surface area (Å²) in [6.07, 6.45) is 2.26. The van der Waals surface area contributed by atoms with E-state index in [1.165, 1.54) is 12.0 Å². The molecule has 1 aliphatic rings. The van der Waals surface area contributed by atoms with Crippen LogP contribution < -0.4 is 5.32 Å². The van der Waals surface area contributed by atoms with Crippen molar-refractivity contribution in [2.45, 2.75) is 26.3 Å². The van der Waals surface area contributed by atoms with Crippen LogP contribution in [0.2, 0.25) is 0 Å². The molecule has 1 unspecified atom stereocenters. The van der Waals surface area contributed by atoms with E-state index in [0.717, 1.165) is 19.5 Å². The zero-order chi connectivity index (χ0) is 16.1. The maximum atomic E-state index is 12.4. The molecule has 0 saturated carbocycles. The number of likely N-dealkylation sites (tertiary alicyclic amines) is 1. The molecule has 120 valence electrons.